The third-order valence-electron chi connectivity index (χ3n) is 4.56. The summed E-state index contributed by atoms with van der Waals surface area (Å²) in [6.45, 7) is 2.83. The summed E-state index contributed by atoms with van der Waals surface area (Å²) in [5.41, 5.74) is 1.23. The first kappa shape index (κ1) is 18.1. The van der Waals surface area contributed by atoms with Crippen LogP contribution in [-0.4, -0.2) is 34.7 Å². The highest BCUT2D eigenvalue weighted by Crippen LogP contribution is 2.25. The fraction of sp³-hybridized carbons (Fsp3) is 0.333. The molecule has 1 aromatic carbocycles. The van der Waals surface area contributed by atoms with Crippen LogP contribution in [0, 0.1) is 23.0 Å². The first-order valence-corrected chi connectivity index (χ1v) is 9.22. The van der Waals surface area contributed by atoms with Crippen LogP contribution in [0.25, 0.3) is 0 Å². The molecule has 26 heavy (non-hydrogen) atoms. The smallest absolute Gasteiger partial charge is 0.269 e. The molecule has 2 heterocycles. The van der Waals surface area contributed by atoms with Gasteiger partial charge in [0.25, 0.3) is 11.6 Å². The lowest BCUT2D eigenvalue weighted by atomic mass is 9.95. The fourth-order valence-electron chi connectivity index (χ4n) is 3.04. The predicted octanol–water partition coefficient (Wildman–Crippen LogP) is 3.46. The summed E-state index contributed by atoms with van der Waals surface area (Å²) >= 11 is 1.42. The molecule has 0 aliphatic carbocycles. The Balaban J connectivity index is 1.57. The average molecular weight is 373 g/mol. The number of likely N-dealkylation sites (tertiary alicyclic amines) is 1. The second-order valence-electron chi connectivity index (χ2n) is 6.29. The molecule has 0 saturated carbocycles. The van der Waals surface area contributed by atoms with Crippen LogP contribution in [-0.2, 0) is 4.79 Å². The number of nitro benzene ring substituents is 1. The van der Waals surface area contributed by atoms with Crippen molar-refractivity contribution in [1.29, 1.82) is 0 Å². The molecule has 1 aliphatic heterocycles. The Kier molecular flexibility index (Phi) is 5.32. The molecule has 1 saturated heterocycles. The molecular weight excluding hydrogens is 354 g/mol. The molecule has 1 N–H and O–H groups in total. The van der Waals surface area contributed by atoms with Crippen LogP contribution in [0.1, 0.15) is 28.1 Å². The van der Waals surface area contributed by atoms with Crippen molar-refractivity contribution in [2.75, 3.05) is 18.4 Å². The highest BCUT2D eigenvalue weighted by molar-refractivity contribution is 7.12. The number of hydrogen-bond donors (Lipinski definition) is 1. The number of amides is 2. The van der Waals surface area contributed by atoms with Crippen molar-refractivity contribution in [1.82, 2.24) is 4.90 Å². The molecule has 0 atom stereocenters. The van der Waals surface area contributed by atoms with E-state index in [4.69, 9.17) is 0 Å². The van der Waals surface area contributed by atoms with Gasteiger partial charge >= 0.3 is 0 Å². The molecule has 8 heteroatoms. The molecule has 7 nitrogen and oxygen atoms in total. The Bertz CT molecular complexity index is 827. The quantitative estimate of drug-likeness (QED) is 0.656. The molecule has 2 aromatic rings. The Morgan fingerprint density at radius 1 is 1.27 bits per heavy atom. The summed E-state index contributed by atoms with van der Waals surface area (Å²) in [5, 5.41) is 15.5. The van der Waals surface area contributed by atoms with Gasteiger partial charge in [-0.25, -0.2) is 0 Å². The highest BCUT2D eigenvalue weighted by atomic mass is 32.1. The molecule has 1 fully saturated rings. The number of nitrogens with one attached hydrogen (secondary N) is 1. The molecule has 2 amide bonds. The number of carbonyl (C=O) groups is 2. The molecule has 136 valence electrons. The lowest BCUT2D eigenvalue weighted by Crippen LogP contribution is -2.41. The first-order chi connectivity index (χ1) is 12.5. The van der Waals surface area contributed by atoms with E-state index < -0.39 is 4.92 Å². The Morgan fingerprint density at radius 3 is 2.58 bits per heavy atom. The lowest BCUT2D eigenvalue weighted by Gasteiger charge is -2.31. The van der Waals surface area contributed by atoms with Crippen LogP contribution in [0.2, 0.25) is 0 Å². The summed E-state index contributed by atoms with van der Waals surface area (Å²) in [6, 6.07) is 8.04. The largest absolute Gasteiger partial charge is 0.338 e. The zero-order valence-electron chi connectivity index (χ0n) is 14.3. The predicted molar refractivity (Wildman–Crippen MR) is 99.4 cm³/mol. The number of piperidine rings is 1. The zero-order chi connectivity index (χ0) is 18.7. The van der Waals surface area contributed by atoms with E-state index in [0.29, 0.717) is 37.2 Å². The Morgan fingerprint density at radius 2 is 2.00 bits per heavy atom. The molecule has 0 bridgehead atoms. The van der Waals surface area contributed by atoms with Crippen LogP contribution in [0.3, 0.4) is 0 Å². The molecule has 0 unspecified atom stereocenters. The standard InChI is InChI=1S/C18H19N3O4S/c1-12-11-14(21(24)25)4-5-15(12)19-17(22)13-6-8-20(9-7-13)18(23)16-3-2-10-26-16/h2-5,10-11,13H,6-9H2,1H3,(H,19,22). The number of carbonyl (C=O) groups excluding carboxylic acids is 2. The third-order valence-corrected chi connectivity index (χ3v) is 5.42. The SMILES string of the molecule is Cc1cc([N+](=O)[O-])ccc1NC(=O)C1CCN(C(=O)c2cccs2)CC1. The molecular formula is C18H19N3O4S. The van der Waals surface area contributed by atoms with Gasteiger partial charge in [0.15, 0.2) is 0 Å². The summed E-state index contributed by atoms with van der Waals surface area (Å²) in [6.07, 6.45) is 1.21. The summed E-state index contributed by atoms with van der Waals surface area (Å²) in [5.74, 6) is -0.257. The number of nitro groups is 1. The van der Waals surface area contributed by atoms with E-state index in [1.807, 2.05) is 17.5 Å². The van der Waals surface area contributed by atoms with Crippen molar-refractivity contribution in [3.05, 3.63) is 56.3 Å². The van der Waals surface area contributed by atoms with E-state index in [2.05, 4.69) is 5.32 Å². The van der Waals surface area contributed by atoms with Gasteiger partial charge in [-0.2, -0.15) is 0 Å². The van der Waals surface area contributed by atoms with E-state index in [1.165, 1.54) is 23.5 Å². The van der Waals surface area contributed by atoms with Crippen LogP contribution in [0.5, 0.6) is 0 Å². The van der Waals surface area contributed by atoms with Gasteiger partial charge in [-0.05, 0) is 42.8 Å². The number of hydrogen-bond acceptors (Lipinski definition) is 5. The maximum atomic E-state index is 12.5. The highest BCUT2D eigenvalue weighted by Gasteiger charge is 2.28. The van der Waals surface area contributed by atoms with Crippen molar-refractivity contribution < 1.29 is 14.5 Å². The molecule has 0 spiro atoms. The van der Waals surface area contributed by atoms with Gasteiger partial charge in [0, 0.05) is 36.8 Å². The number of aryl methyl sites for hydroxylation is 1. The Labute approximate surface area is 154 Å². The molecule has 0 radical (unpaired) electrons. The number of non-ortho nitro benzene ring substituents is 1. The second kappa shape index (κ2) is 7.65. The van der Waals surface area contributed by atoms with Crippen molar-refractivity contribution in [3.8, 4) is 0 Å². The van der Waals surface area contributed by atoms with Crippen LogP contribution in [0.15, 0.2) is 35.7 Å². The van der Waals surface area contributed by atoms with Crippen molar-refractivity contribution >= 4 is 34.5 Å². The normalized spacial score (nSPS) is 14.9. The Hall–Kier alpha value is -2.74. The van der Waals surface area contributed by atoms with Crippen LogP contribution >= 0.6 is 11.3 Å². The fourth-order valence-corrected chi connectivity index (χ4v) is 3.73. The maximum absolute atomic E-state index is 12.5. The van der Waals surface area contributed by atoms with E-state index in [-0.39, 0.29) is 23.4 Å². The monoisotopic (exact) mass is 373 g/mol. The van der Waals surface area contributed by atoms with E-state index in [1.54, 1.807) is 17.9 Å². The number of nitrogens with zero attached hydrogens (tertiary/aromatic N) is 2. The van der Waals surface area contributed by atoms with Gasteiger partial charge in [-0.3, -0.25) is 19.7 Å². The minimum absolute atomic E-state index is 0.000830. The lowest BCUT2D eigenvalue weighted by molar-refractivity contribution is -0.384. The van der Waals surface area contributed by atoms with Gasteiger partial charge < -0.3 is 10.2 Å². The molecule has 1 aliphatic rings. The van der Waals surface area contributed by atoms with Crippen LogP contribution < -0.4 is 5.32 Å². The third kappa shape index (κ3) is 3.91. The number of thiophene rings is 1. The number of anilines is 1. The molecule has 1 aromatic heterocycles. The minimum atomic E-state index is -0.459. The number of benzene rings is 1. The van der Waals surface area contributed by atoms with E-state index in [0.717, 1.165) is 4.88 Å². The van der Waals surface area contributed by atoms with E-state index in [9.17, 15) is 19.7 Å². The van der Waals surface area contributed by atoms with Crippen molar-refractivity contribution in [2.45, 2.75) is 19.8 Å². The molecule has 3 rings (SSSR count). The minimum Gasteiger partial charge on any atom is -0.338 e. The van der Waals surface area contributed by atoms with Crippen molar-refractivity contribution in [2.24, 2.45) is 5.92 Å². The van der Waals surface area contributed by atoms with Gasteiger partial charge in [0.05, 0.1) is 9.80 Å². The average Bonchev–Trinajstić information content (AvgIpc) is 3.17. The topological polar surface area (TPSA) is 92.6 Å². The van der Waals surface area contributed by atoms with Crippen molar-refractivity contribution in [3.63, 3.8) is 0 Å². The van der Waals surface area contributed by atoms with Gasteiger partial charge in [-0.15, -0.1) is 11.3 Å². The maximum Gasteiger partial charge on any atom is 0.269 e. The number of rotatable bonds is 4. The zero-order valence-corrected chi connectivity index (χ0v) is 15.1. The first-order valence-electron chi connectivity index (χ1n) is 8.34. The second-order valence-corrected chi connectivity index (χ2v) is 7.24. The van der Waals surface area contributed by atoms with Gasteiger partial charge in [0.1, 0.15) is 0 Å². The summed E-state index contributed by atoms with van der Waals surface area (Å²) < 4.78 is 0. The van der Waals surface area contributed by atoms with E-state index >= 15 is 0 Å². The van der Waals surface area contributed by atoms with Gasteiger partial charge in [-0.1, -0.05) is 6.07 Å². The van der Waals surface area contributed by atoms with Crippen LogP contribution in [0.4, 0.5) is 11.4 Å². The summed E-state index contributed by atoms with van der Waals surface area (Å²) in [4.78, 5) is 37.7. The van der Waals surface area contributed by atoms with Gasteiger partial charge in [0.2, 0.25) is 5.91 Å². The summed E-state index contributed by atoms with van der Waals surface area (Å²) in [7, 11) is 0.